The smallest absolute Gasteiger partial charge is 0.159 e. The molecule has 2 nitrogen and oxygen atoms in total. The van der Waals surface area contributed by atoms with E-state index in [0.717, 1.165) is 49.8 Å². The number of aromatic hydroxyl groups is 1. The number of hydrogen-bond donors (Lipinski definition) is 1. The van der Waals surface area contributed by atoms with Gasteiger partial charge in [0.15, 0.2) is 11.6 Å². The average Bonchev–Trinajstić information content (AvgIpc) is 2.98. The molecule has 2 saturated carbocycles. The van der Waals surface area contributed by atoms with Gasteiger partial charge in [0.2, 0.25) is 0 Å². The van der Waals surface area contributed by atoms with E-state index < -0.39 is 11.6 Å². The molecule has 3 aliphatic carbocycles. The quantitative estimate of drug-likeness (QED) is 0.681. The normalized spacial score (nSPS) is 31.2. The van der Waals surface area contributed by atoms with Crippen LogP contribution in [0.2, 0.25) is 0 Å². The number of carbonyl (C=O) groups excluding carboxylic acids is 1. The zero-order chi connectivity index (χ0) is 19.6. The largest absolute Gasteiger partial charge is 0.507 e. The highest BCUT2D eigenvalue weighted by Gasteiger charge is 2.54. The van der Waals surface area contributed by atoms with E-state index in [1.54, 1.807) is 6.07 Å². The third-order valence-electron chi connectivity index (χ3n) is 7.78. The zero-order valence-electron chi connectivity index (χ0n) is 16.0. The van der Waals surface area contributed by atoms with Gasteiger partial charge in [0, 0.05) is 17.4 Å². The Hall–Kier alpha value is -2.23. The van der Waals surface area contributed by atoms with Crippen LogP contribution in [0.4, 0.5) is 8.78 Å². The van der Waals surface area contributed by atoms with Crippen LogP contribution in [0, 0.1) is 28.9 Å². The summed E-state index contributed by atoms with van der Waals surface area (Å²) in [6, 6.07) is 7.53. The average molecular weight is 382 g/mol. The van der Waals surface area contributed by atoms with Crippen LogP contribution in [0.3, 0.4) is 0 Å². The van der Waals surface area contributed by atoms with Crippen LogP contribution >= 0.6 is 0 Å². The first-order valence-corrected chi connectivity index (χ1v) is 10.2. The molecule has 2 aromatic carbocycles. The second-order valence-corrected chi connectivity index (χ2v) is 9.03. The van der Waals surface area contributed by atoms with Gasteiger partial charge in [-0.15, -0.1) is 0 Å². The van der Waals surface area contributed by atoms with Gasteiger partial charge in [0.05, 0.1) is 0 Å². The van der Waals surface area contributed by atoms with Gasteiger partial charge in [-0.25, -0.2) is 8.78 Å². The molecule has 0 amide bonds. The van der Waals surface area contributed by atoms with Crippen molar-refractivity contribution in [3.8, 4) is 16.9 Å². The minimum atomic E-state index is -0.912. The molecule has 0 unspecified atom stereocenters. The van der Waals surface area contributed by atoms with Crippen molar-refractivity contribution in [1.82, 2.24) is 0 Å². The van der Waals surface area contributed by atoms with E-state index >= 15 is 0 Å². The summed E-state index contributed by atoms with van der Waals surface area (Å²) in [5.74, 6) is 0.0313. The molecular weight excluding hydrogens is 358 g/mol. The van der Waals surface area contributed by atoms with Gasteiger partial charge in [-0.3, -0.25) is 4.79 Å². The maximum Gasteiger partial charge on any atom is 0.159 e. The van der Waals surface area contributed by atoms with Gasteiger partial charge < -0.3 is 5.11 Å². The summed E-state index contributed by atoms with van der Waals surface area (Å²) >= 11 is 0. The number of carbonyl (C=O) groups is 1. The molecule has 2 aromatic rings. The molecule has 28 heavy (non-hydrogen) atoms. The van der Waals surface area contributed by atoms with Crippen molar-refractivity contribution >= 4 is 5.78 Å². The molecule has 5 rings (SSSR count). The van der Waals surface area contributed by atoms with Crippen LogP contribution in [-0.4, -0.2) is 10.9 Å². The Morgan fingerprint density at radius 3 is 2.64 bits per heavy atom. The van der Waals surface area contributed by atoms with Gasteiger partial charge in [0.1, 0.15) is 11.5 Å². The SMILES string of the molecule is C[C@]12CC[C@@H]3c4cc(-c5ccc(F)c(F)c5)c(O)cc4CC[C@H]3[C@@H]1CCC2=O. The molecular formula is C24H24F2O2. The van der Waals surface area contributed by atoms with E-state index in [2.05, 4.69) is 6.92 Å². The summed E-state index contributed by atoms with van der Waals surface area (Å²) in [6.45, 7) is 2.16. The number of phenols is 1. The molecule has 4 heteroatoms. The fraction of sp³-hybridized carbons (Fsp3) is 0.458. The van der Waals surface area contributed by atoms with Crippen LogP contribution in [0.1, 0.15) is 56.1 Å². The van der Waals surface area contributed by atoms with E-state index in [1.165, 1.54) is 11.6 Å². The third kappa shape index (κ3) is 2.46. The van der Waals surface area contributed by atoms with Gasteiger partial charge in [0.25, 0.3) is 0 Å². The number of fused-ring (bicyclic) bond motifs is 5. The van der Waals surface area contributed by atoms with E-state index in [9.17, 15) is 18.7 Å². The lowest BCUT2D eigenvalue weighted by molar-refractivity contribution is -0.129. The monoisotopic (exact) mass is 382 g/mol. The highest BCUT2D eigenvalue weighted by atomic mass is 19.2. The molecule has 2 fully saturated rings. The maximum atomic E-state index is 13.7. The van der Waals surface area contributed by atoms with Crippen molar-refractivity contribution in [3.63, 3.8) is 0 Å². The number of rotatable bonds is 1. The Bertz CT molecular complexity index is 983. The fourth-order valence-electron chi connectivity index (χ4n) is 6.27. The van der Waals surface area contributed by atoms with Crippen molar-refractivity contribution in [2.45, 2.75) is 51.4 Å². The van der Waals surface area contributed by atoms with Gasteiger partial charge in [-0.2, -0.15) is 0 Å². The Balaban J connectivity index is 1.57. The molecule has 0 saturated heterocycles. The number of halogens is 2. The standard InChI is InChI=1S/C24H24F2O2/c1-24-9-8-15-16(19(24)5-7-23(24)28)4-2-14-11-22(27)18(12-17(14)15)13-3-6-20(25)21(26)10-13/h3,6,10-12,15-16,19,27H,2,4-5,7-9H2,1H3/t15-,16+,19-,24-/m0/s1. The second-order valence-electron chi connectivity index (χ2n) is 9.03. The molecule has 0 spiro atoms. The molecule has 4 atom stereocenters. The van der Waals surface area contributed by atoms with Crippen molar-refractivity contribution in [1.29, 1.82) is 0 Å². The highest BCUT2D eigenvalue weighted by Crippen LogP contribution is 2.60. The summed E-state index contributed by atoms with van der Waals surface area (Å²) in [5, 5.41) is 10.5. The summed E-state index contributed by atoms with van der Waals surface area (Å²) in [7, 11) is 0. The second kappa shape index (κ2) is 6.13. The Morgan fingerprint density at radius 2 is 1.86 bits per heavy atom. The van der Waals surface area contributed by atoms with Gasteiger partial charge in [-0.05, 0) is 90.8 Å². The first-order chi connectivity index (χ1) is 13.4. The van der Waals surface area contributed by atoms with Crippen molar-refractivity contribution in [3.05, 3.63) is 53.1 Å². The van der Waals surface area contributed by atoms with Crippen LogP contribution in [0.5, 0.6) is 5.75 Å². The fourth-order valence-corrected chi connectivity index (χ4v) is 6.27. The number of phenolic OH excluding ortho intramolecular Hbond substituents is 1. The molecule has 0 radical (unpaired) electrons. The Kier molecular flexibility index (Phi) is 3.91. The highest BCUT2D eigenvalue weighted by molar-refractivity contribution is 5.87. The summed E-state index contributed by atoms with van der Waals surface area (Å²) in [5.41, 5.74) is 3.23. The van der Waals surface area contributed by atoms with E-state index in [4.69, 9.17) is 0 Å². The third-order valence-corrected chi connectivity index (χ3v) is 7.78. The number of hydrogen-bond acceptors (Lipinski definition) is 2. The maximum absolute atomic E-state index is 13.7. The summed E-state index contributed by atoms with van der Waals surface area (Å²) in [6.07, 6.45) is 5.52. The predicted molar refractivity (Wildman–Crippen MR) is 103 cm³/mol. The van der Waals surface area contributed by atoms with Gasteiger partial charge in [-0.1, -0.05) is 13.0 Å². The minimum Gasteiger partial charge on any atom is -0.507 e. The Labute approximate surface area is 163 Å². The van der Waals surface area contributed by atoms with E-state index in [0.29, 0.717) is 41.1 Å². The number of ketones is 1. The lowest BCUT2D eigenvalue weighted by Gasteiger charge is -2.48. The van der Waals surface area contributed by atoms with Crippen molar-refractivity contribution in [2.24, 2.45) is 17.3 Å². The van der Waals surface area contributed by atoms with Crippen LogP contribution in [-0.2, 0) is 11.2 Å². The number of benzene rings is 2. The molecule has 3 aliphatic rings. The lowest BCUT2D eigenvalue weighted by atomic mass is 9.55. The predicted octanol–water partition coefficient (Wildman–Crippen LogP) is 5.76. The number of Topliss-reactive ketones (excluding diaryl/α,β-unsaturated/α-hetero) is 1. The van der Waals surface area contributed by atoms with Gasteiger partial charge >= 0.3 is 0 Å². The summed E-state index contributed by atoms with van der Waals surface area (Å²) < 4.78 is 27.1. The molecule has 0 bridgehead atoms. The molecule has 0 aromatic heterocycles. The van der Waals surface area contributed by atoms with Crippen molar-refractivity contribution in [2.75, 3.05) is 0 Å². The first-order valence-electron chi connectivity index (χ1n) is 10.2. The Morgan fingerprint density at radius 1 is 1.04 bits per heavy atom. The molecule has 146 valence electrons. The first kappa shape index (κ1) is 17.8. The molecule has 0 aliphatic heterocycles. The zero-order valence-corrected chi connectivity index (χ0v) is 16.0. The van der Waals surface area contributed by atoms with E-state index in [-0.39, 0.29) is 11.2 Å². The van der Waals surface area contributed by atoms with Crippen LogP contribution in [0.25, 0.3) is 11.1 Å². The lowest BCUT2D eigenvalue weighted by Crippen LogP contribution is -2.42. The minimum absolute atomic E-state index is 0.111. The summed E-state index contributed by atoms with van der Waals surface area (Å²) in [4.78, 5) is 12.5. The van der Waals surface area contributed by atoms with Crippen molar-refractivity contribution < 1.29 is 18.7 Å². The molecule has 0 heterocycles. The van der Waals surface area contributed by atoms with Crippen LogP contribution in [0.15, 0.2) is 30.3 Å². The van der Waals surface area contributed by atoms with E-state index in [1.807, 2.05) is 6.07 Å². The topological polar surface area (TPSA) is 37.3 Å². The molecule has 1 N–H and O–H groups in total. The number of aryl methyl sites for hydroxylation is 1. The van der Waals surface area contributed by atoms with Crippen LogP contribution < -0.4 is 0 Å².